The minimum atomic E-state index is -0.361. The third-order valence-corrected chi connectivity index (χ3v) is 3.17. The Morgan fingerprint density at radius 1 is 1.27 bits per heavy atom. The molecule has 1 N–H and O–H groups in total. The van der Waals surface area contributed by atoms with Crippen LogP contribution >= 0.6 is 11.5 Å². The Bertz CT molecular complexity index is 636. The molecule has 7 heteroatoms. The lowest BCUT2D eigenvalue weighted by molar-refractivity contribution is 0.710. The van der Waals surface area contributed by atoms with Crippen molar-refractivity contribution >= 4 is 27.6 Å². The number of fused-ring (bicyclic) bond motifs is 1. The van der Waals surface area contributed by atoms with Gasteiger partial charge >= 0.3 is 5.69 Å². The van der Waals surface area contributed by atoms with Gasteiger partial charge in [-0.2, -0.15) is 4.37 Å². The van der Waals surface area contributed by atoms with Crippen LogP contribution in [0.3, 0.4) is 0 Å². The number of nitrogens with one attached hydrogen (secondary N) is 1. The second kappa shape index (κ2) is 3.20. The fraction of sp³-hybridized carbons (Fsp3) is 0.375. The highest BCUT2D eigenvalue weighted by Crippen LogP contribution is 2.22. The minimum absolute atomic E-state index is 0.314. The average molecular weight is 226 g/mol. The predicted molar refractivity (Wildman–Crippen MR) is 59.6 cm³/mol. The van der Waals surface area contributed by atoms with E-state index in [1.54, 1.807) is 14.1 Å². The standard InChI is InChI=1S/C8H10N4O2S/c1-9-6-4-5(10-15-6)11(2)8(14)12(3)7(4)13/h9H,1-3H3. The molecule has 2 heterocycles. The lowest BCUT2D eigenvalue weighted by Gasteiger charge is -2.02. The number of aryl methyl sites for hydroxylation is 1. The van der Waals surface area contributed by atoms with Crippen LogP contribution in [0.15, 0.2) is 9.59 Å². The first-order chi connectivity index (χ1) is 7.07. The number of rotatable bonds is 1. The summed E-state index contributed by atoms with van der Waals surface area (Å²) in [5.41, 5.74) is -0.246. The minimum Gasteiger partial charge on any atom is -0.378 e. The quantitative estimate of drug-likeness (QED) is 0.727. The second-order valence-electron chi connectivity index (χ2n) is 3.17. The van der Waals surface area contributed by atoms with Crippen LogP contribution in [-0.4, -0.2) is 20.6 Å². The molecule has 15 heavy (non-hydrogen) atoms. The van der Waals surface area contributed by atoms with Crippen molar-refractivity contribution in [3.8, 4) is 0 Å². The number of hydrogen-bond acceptors (Lipinski definition) is 5. The van der Waals surface area contributed by atoms with Gasteiger partial charge in [0, 0.05) is 21.1 Å². The molecule has 0 aliphatic heterocycles. The molecule has 0 atom stereocenters. The topological polar surface area (TPSA) is 68.9 Å². The van der Waals surface area contributed by atoms with E-state index in [9.17, 15) is 9.59 Å². The molecule has 0 aromatic carbocycles. The van der Waals surface area contributed by atoms with Crippen LogP contribution in [0.2, 0.25) is 0 Å². The van der Waals surface area contributed by atoms with Crippen molar-refractivity contribution in [2.75, 3.05) is 12.4 Å². The summed E-state index contributed by atoms with van der Waals surface area (Å²) in [6.45, 7) is 0. The van der Waals surface area contributed by atoms with Crippen LogP contribution in [0.4, 0.5) is 5.00 Å². The maximum absolute atomic E-state index is 11.8. The first-order valence-corrected chi connectivity index (χ1v) is 5.08. The molecule has 0 aliphatic carbocycles. The molecule has 2 aromatic heterocycles. The van der Waals surface area contributed by atoms with Crippen molar-refractivity contribution in [1.29, 1.82) is 0 Å². The zero-order valence-corrected chi connectivity index (χ0v) is 9.38. The molecule has 0 fully saturated rings. The van der Waals surface area contributed by atoms with Gasteiger partial charge in [-0.15, -0.1) is 0 Å². The van der Waals surface area contributed by atoms with Crippen LogP contribution in [-0.2, 0) is 14.1 Å². The molecule has 0 bridgehead atoms. The van der Waals surface area contributed by atoms with E-state index in [0.29, 0.717) is 16.0 Å². The monoisotopic (exact) mass is 226 g/mol. The Hall–Kier alpha value is -1.63. The van der Waals surface area contributed by atoms with E-state index in [-0.39, 0.29) is 11.2 Å². The normalized spacial score (nSPS) is 10.9. The molecule has 80 valence electrons. The molecule has 0 aliphatic rings. The molecule has 2 rings (SSSR count). The van der Waals surface area contributed by atoms with Gasteiger partial charge in [-0.25, -0.2) is 4.79 Å². The van der Waals surface area contributed by atoms with E-state index in [2.05, 4.69) is 9.69 Å². The summed E-state index contributed by atoms with van der Waals surface area (Å²) in [5.74, 6) is 0. The maximum Gasteiger partial charge on any atom is 0.332 e. The molecule has 0 radical (unpaired) electrons. The van der Waals surface area contributed by atoms with Gasteiger partial charge in [0.2, 0.25) is 0 Å². The molecular weight excluding hydrogens is 216 g/mol. The predicted octanol–water partition coefficient (Wildman–Crippen LogP) is -0.265. The number of aromatic nitrogens is 3. The van der Waals surface area contributed by atoms with Gasteiger partial charge in [0.1, 0.15) is 10.4 Å². The fourth-order valence-electron chi connectivity index (χ4n) is 1.44. The Morgan fingerprint density at radius 3 is 2.53 bits per heavy atom. The van der Waals surface area contributed by atoms with Gasteiger partial charge in [-0.3, -0.25) is 13.9 Å². The first kappa shape index (κ1) is 9.91. The molecule has 0 saturated heterocycles. The van der Waals surface area contributed by atoms with Crippen molar-refractivity contribution in [3.63, 3.8) is 0 Å². The van der Waals surface area contributed by atoms with Crippen molar-refractivity contribution in [2.24, 2.45) is 14.1 Å². The summed E-state index contributed by atoms with van der Waals surface area (Å²) in [7, 11) is 4.78. The van der Waals surface area contributed by atoms with E-state index in [1.165, 1.54) is 23.1 Å². The van der Waals surface area contributed by atoms with Gasteiger partial charge < -0.3 is 5.32 Å². The molecule has 6 nitrogen and oxygen atoms in total. The van der Waals surface area contributed by atoms with Crippen molar-refractivity contribution in [1.82, 2.24) is 13.5 Å². The van der Waals surface area contributed by atoms with E-state index < -0.39 is 0 Å². The van der Waals surface area contributed by atoms with Gasteiger partial charge in [-0.1, -0.05) is 0 Å². The zero-order chi connectivity index (χ0) is 11.2. The fourth-order valence-corrected chi connectivity index (χ4v) is 2.20. The second-order valence-corrected chi connectivity index (χ2v) is 3.94. The molecule has 0 amide bonds. The molecular formula is C8H10N4O2S. The first-order valence-electron chi connectivity index (χ1n) is 4.31. The zero-order valence-electron chi connectivity index (χ0n) is 8.57. The Kier molecular flexibility index (Phi) is 2.11. The van der Waals surface area contributed by atoms with E-state index in [1.807, 2.05) is 0 Å². The highest BCUT2D eigenvalue weighted by Gasteiger charge is 2.14. The molecule has 2 aromatic rings. The van der Waals surface area contributed by atoms with Gasteiger partial charge in [-0.05, 0) is 11.5 Å². The Morgan fingerprint density at radius 2 is 1.93 bits per heavy atom. The highest BCUT2D eigenvalue weighted by molar-refractivity contribution is 7.11. The molecule has 0 unspecified atom stereocenters. The van der Waals surface area contributed by atoms with Crippen LogP contribution in [0.5, 0.6) is 0 Å². The van der Waals surface area contributed by atoms with Gasteiger partial charge in [0.25, 0.3) is 5.56 Å². The summed E-state index contributed by atoms with van der Waals surface area (Å²) in [6.07, 6.45) is 0. The third-order valence-electron chi connectivity index (χ3n) is 2.31. The van der Waals surface area contributed by atoms with Crippen molar-refractivity contribution < 1.29 is 0 Å². The Labute approximate surface area is 88.9 Å². The number of anilines is 1. The summed E-state index contributed by atoms with van der Waals surface area (Å²) in [5, 5.41) is 4.04. The van der Waals surface area contributed by atoms with E-state index in [4.69, 9.17) is 0 Å². The molecule has 0 saturated carbocycles. The van der Waals surface area contributed by atoms with Crippen LogP contribution in [0.1, 0.15) is 0 Å². The lowest BCUT2D eigenvalue weighted by atomic mass is 10.4. The van der Waals surface area contributed by atoms with Crippen LogP contribution in [0, 0.1) is 0 Å². The van der Waals surface area contributed by atoms with Gasteiger partial charge in [0.15, 0.2) is 5.65 Å². The summed E-state index contributed by atoms with van der Waals surface area (Å²) >= 11 is 1.17. The Balaban J connectivity index is 3.11. The van der Waals surface area contributed by atoms with E-state index in [0.717, 1.165) is 4.57 Å². The number of hydrogen-bond donors (Lipinski definition) is 1. The SMILES string of the molecule is CNc1snc2c1c(=O)n(C)c(=O)n2C. The smallest absolute Gasteiger partial charge is 0.332 e. The average Bonchev–Trinajstić information content (AvgIpc) is 2.67. The van der Waals surface area contributed by atoms with E-state index >= 15 is 0 Å². The highest BCUT2D eigenvalue weighted by atomic mass is 32.1. The van der Waals surface area contributed by atoms with Crippen LogP contribution in [0.25, 0.3) is 11.0 Å². The molecule has 0 spiro atoms. The third kappa shape index (κ3) is 1.19. The lowest BCUT2D eigenvalue weighted by Crippen LogP contribution is -2.36. The summed E-state index contributed by atoms with van der Waals surface area (Å²) in [6, 6.07) is 0. The van der Waals surface area contributed by atoms with Crippen LogP contribution < -0.4 is 16.6 Å². The largest absolute Gasteiger partial charge is 0.378 e. The number of nitrogens with zero attached hydrogens (tertiary/aromatic N) is 3. The maximum atomic E-state index is 11.8. The van der Waals surface area contributed by atoms with Crippen molar-refractivity contribution in [3.05, 3.63) is 20.8 Å². The van der Waals surface area contributed by atoms with Crippen molar-refractivity contribution in [2.45, 2.75) is 0 Å². The summed E-state index contributed by atoms with van der Waals surface area (Å²) < 4.78 is 6.53. The van der Waals surface area contributed by atoms with Gasteiger partial charge in [0.05, 0.1) is 0 Å². The summed E-state index contributed by atoms with van der Waals surface area (Å²) in [4.78, 5) is 23.4.